The van der Waals surface area contributed by atoms with Gasteiger partial charge in [-0.05, 0) is 12.0 Å². The first-order valence-electron chi connectivity index (χ1n) is 4.14. The molecule has 0 saturated carbocycles. The summed E-state index contributed by atoms with van der Waals surface area (Å²) >= 11 is 0. The molecule has 0 atom stereocenters. The molecule has 0 heterocycles. The van der Waals surface area contributed by atoms with Crippen molar-refractivity contribution >= 4 is 6.08 Å². The van der Waals surface area contributed by atoms with Crippen LogP contribution in [0.1, 0.15) is 12.0 Å². The topological polar surface area (TPSA) is 9.23 Å². The van der Waals surface area contributed by atoms with Crippen molar-refractivity contribution in [1.82, 2.24) is 0 Å². The van der Waals surface area contributed by atoms with Crippen LogP contribution in [0, 0.1) is 0 Å². The van der Waals surface area contributed by atoms with Gasteiger partial charge in [-0.15, -0.1) is 0 Å². The van der Waals surface area contributed by atoms with Gasteiger partial charge in [-0.2, -0.15) is 0 Å². The van der Waals surface area contributed by atoms with E-state index in [1.807, 2.05) is 18.2 Å². The predicted molar refractivity (Wildman–Crippen MR) is 52.0 cm³/mol. The molecule has 0 amide bonds. The van der Waals surface area contributed by atoms with Crippen LogP contribution in [-0.4, -0.2) is 13.7 Å². The highest BCUT2D eigenvalue weighted by Crippen LogP contribution is 2.01. The fraction of sp³-hybridized carbons (Fsp3) is 0.273. The van der Waals surface area contributed by atoms with Gasteiger partial charge in [-0.1, -0.05) is 42.5 Å². The molecule has 64 valence electrons. The minimum atomic E-state index is 0.795. The fourth-order valence-electron chi connectivity index (χ4n) is 0.969. The summed E-state index contributed by atoms with van der Waals surface area (Å²) in [6.07, 6.45) is 5.21. The largest absolute Gasteiger partial charge is 0.384 e. The van der Waals surface area contributed by atoms with Crippen molar-refractivity contribution in [2.45, 2.75) is 6.42 Å². The second-order valence-corrected chi connectivity index (χ2v) is 2.59. The zero-order valence-electron chi connectivity index (χ0n) is 7.36. The Morgan fingerprint density at radius 2 is 2.00 bits per heavy atom. The smallest absolute Gasteiger partial charge is 0.0496 e. The van der Waals surface area contributed by atoms with Crippen LogP contribution in [0.25, 0.3) is 6.08 Å². The number of rotatable bonds is 4. The first kappa shape index (κ1) is 9.01. The van der Waals surface area contributed by atoms with Crippen molar-refractivity contribution in [3.05, 3.63) is 42.0 Å². The molecular formula is C11H14O. The van der Waals surface area contributed by atoms with Crippen molar-refractivity contribution < 1.29 is 4.74 Å². The summed E-state index contributed by atoms with van der Waals surface area (Å²) in [6.45, 7) is 0.795. The van der Waals surface area contributed by atoms with Crippen LogP contribution in [0.4, 0.5) is 0 Å². The Balaban J connectivity index is 2.36. The third kappa shape index (κ3) is 3.35. The molecule has 0 unspecified atom stereocenters. The van der Waals surface area contributed by atoms with E-state index in [1.165, 1.54) is 5.56 Å². The molecule has 0 N–H and O–H groups in total. The molecule has 0 radical (unpaired) electrons. The Morgan fingerprint density at radius 1 is 1.25 bits per heavy atom. The molecule has 1 nitrogen and oxygen atoms in total. The van der Waals surface area contributed by atoms with Gasteiger partial charge < -0.3 is 4.74 Å². The van der Waals surface area contributed by atoms with Gasteiger partial charge in [0.15, 0.2) is 0 Å². The third-order valence-electron chi connectivity index (χ3n) is 1.60. The number of methoxy groups -OCH3 is 1. The van der Waals surface area contributed by atoms with E-state index in [9.17, 15) is 0 Å². The molecule has 0 aliphatic rings. The zero-order valence-corrected chi connectivity index (χ0v) is 7.36. The fourth-order valence-corrected chi connectivity index (χ4v) is 0.969. The summed E-state index contributed by atoms with van der Waals surface area (Å²) in [5, 5.41) is 0. The lowest BCUT2D eigenvalue weighted by atomic mass is 10.2. The first-order valence-corrected chi connectivity index (χ1v) is 4.14. The Morgan fingerprint density at radius 3 is 2.67 bits per heavy atom. The van der Waals surface area contributed by atoms with E-state index >= 15 is 0 Å². The summed E-state index contributed by atoms with van der Waals surface area (Å²) < 4.78 is 4.93. The third-order valence-corrected chi connectivity index (χ3v) is 1.60. The lowest BCUT2D eigenvalue weighted by molar-refractivity contribution is 0.204. The Bertz CT molecular complexity index is 226. The molecule has 1 aromatic rings. The molecule has 0 saturated heterocycles. The van der Waals surface area contributed by atoms with Gasteiger partial charge in [-0.25, -0.2) is 0 Å². The highest BCUT2D eigenvalue weighted by atomic mass is 16.5. The van der Waals surface area contributed by atoms with Crippen LogP contribution in [-0.2, 0) is 4.74 Å². The van der Waals surface area contributed by atoms with Crippen molar-refractivity contribution in [2.24, 2.45) is 0 Å². The average Bonchev–Trinajstić information content (AvgIpc) is 2.14. The maximum absolute atomic E-state index is 4.93. The molecule has 12 heavy (non-hydrogen) atoms. The molecule has 1 heteroatoms. The average molecular weight is 162 g/mol. The highest BCUT2D eigenvalue weighted by Gasteiger charge is 1.81. The molecule has 1 rings (SSSR count). The number of benzene rings is 1. The van der Waals surface area contributed by atoms with Crippen LogP contribution < -0.4 is 0 Å². The second kappa shape index (κ2) is 5.56. The summed E-state index contributed by atoms with van der Waals surface area (Å²) in [6, 6.07) is 10.3. The molecule has 0 bridgehead atoms. The van der Waals surface area contributed by atoms with Crippen LogP contribution in [0.5, 0.6) is 0 Å². The van der Waals surface area contributed by atoms with Crippen molar-refractivity contribution in [1.29, 1.82) is 0 Å². The summed E-state index contributed by atoms with van der Waals surface area (Å²) in [7, 11) is 1.72. The van der Waals surface area contributed by atoms with Gasteiger partial charge in [0, 0.05) is 13.7 Å². The van der Waals surface area contributed by atoms with Crippen LogP contribution >= 0.6 is 0 Å². The van der Waals surface area contributed by atoms with Gasteiger partial charge in [0.05, 0.1) is 0 Å². The van der Waals surface area contributed by atoms with Crippen molar-refractivity contribution in [3.8, 4) is 0 Å². The quantitative estimate of drug-likeness (QED) is 0.618. The zero-order chi connectivity index (χ0) is 8.65. The van der Waals surface area contributed by atoms with Crippen LogP contribution in [0.3, 0.4) is 0 Å². The van der Waals surface area contributed by atoms with Gasteiger partial charge in [0.25, 0.3) is 0 Å². The van der Waals surface area contributed by atoms with Gasteiger partial charge >= 0.3 is 0 Å². The lowest BCUT2D eigenvalue weighted by Crippen LogP contribution is -1.83. The first-order chi connectivity index (χ1) is 5.93. The Hall–Kier alpha value is -1.08. The molecule has 0 spiro atoms. The molecule has 0 aromatic heterocycles. The summed E-state index contributed by atoms with van der Waals surface area (Å²) in [5.74, 6) is 0. The van der Waals surface area contributed by atoms with Gasteiger partial charge in [0.1, 0.15) is 0 Å². The van der Waals surface area contributed by atoms with E-state index in [2.05, 4.69) is 24.3 Å². The second-order valence-electron chi connectivity index (χ2n) is 2.59. The number of hydrogen-bond acceptors (Lipinski definition) is 1. The van der Waals surface area contributed by atoms with E-state index in [1.54, 1.807) is 7.11 Å². The minimum Gasteiger partial charge on any atom is -0.384 e. The van der Waals surface area contributed by atoms with E-state index in [4.69, 9.17) is 4.74 Å². The SMILES string of the molecule is COCC/C=C\c1ccccc1. The standard InChI is InChI=1S/C11H14O/c1-12-10-6-5-9-11-7-3-2-4-8-11/h2-5,7-9H,6,10H2,1H3/b9-5-. The Labute approximate surface area is 73.7 Å². The van der Waals surface area contributed by atoms with Gasteiger partial charge in [-0.3, -0.25) is 0 Å². The highest BCUT2D eigenvalue weighted by molar-refractivity contribution is 5.48. The van der Waals surface area contributed by atoms with E-state index in [0.717, 1.165) is 13.0 Å². The molecular weight excluding hydrogens is 148 g/mol. The monoisotopic (exact) mass is 162 g/mol. The van der Waals surface area contributed by atoms with E-state index in [-0.39, 0.29) is 0 Å². The van der Waals surface area contributed by atoms with Crippen molar-refractivity contribution in [3.63, 3.8) is 0 Å². The maximum Gasteiger partial charge on any atom is 0.0496 e. The maximum atomic E-state index is 4.93. The van der Waals surface area contributed by atoms with Crippen LogP contribution in [0.2, 0.25) is 0 Å². The van der Waals surface area contributed by atoms with Gasteiger partial charge in [0.2, 0.25) is 0 Å². The number of hydrogen-bond donors (Lipinski definition) is 0. The molecule has 0 fully saturated rings. The predicted octanol–water partition coefficient (Wildman–Crippen LogP) is 2.74. The Kier molecular flexibility index (Phi) is 4.17. The minimum absolute atomic E-state index is 0.795. The molecule has 1 aromatic carbocycles. The summed E-state index contributed by atoms with van der Waals surface area (Å²) in [5.41, 5.74) is 1.24. The van der Waals surface area contributed by atoms with E-state index < -0.39 is 0 Å². The van der Waals surface area contributed by atoms with Crippen molar-refractivity contribution in [2.75, 3.05) is 13.7 Å². The normalized spacial score (nSPS) is 10.8. The molecule has 0 aliphatic carbocycles. The van der Waals surface area contributed by atoms with Crippen LogP contribution in [0.15, 0.2) is 36.4 Å². The van der Waals surface area contributed by atoms with E-state index in [0.29, 0.717) is 0 Å². The molecule has 0 aliphatic heterocycles. The summed E-state index contributed by atoms with van der Waals surface area (Å²) in [4.78, 5) is 0. The number of ether oxygens (including phenoxy) is 1. The lowest BCUT2D eigenvalue weighted by Gasteiger charge is -1.92.